The molecule has 5 nitrogen and oxygen atoms in total. The summed E-state index contributed by atoms with van der Waals surface area (Å²) in [5, 5.41) is 0. The fourth-order valence-electron chi connectivity index (χ4n) is 2.68. The number of nitrogens with zero attached hydrogens (tertiary/aromatic N) is 2. The van der Waals surface area contributed by atoms with Crippen molar-refractivity contribution in [2.45, 2.75) is 32.9 Å². The molecule has 2 N–H and O–H groups in total. The Morgan fingerprint density at radius 2 is 1.90 bits per heavy atom. The van der Waals surface area contributed by atoms with E-state index in [0.717, 1.165) is 5.56 Å². The average molecular weight is 289 g/mol. The van der Waals surface area contributed by atoms with Crippen LogP contribution in [0.3, 0.4) is 0 Å². The molecular weight excluding hydrogens is 266 g/mol. The van der Waals surface area contributed by atoms with Crippen LogP contribution in [0.4, 0.5) is 4.79 Å². The van der Waals surface area contributed by atoms with Gasteiger partial charge < -0.3 is 15.5 Å². The summed E-state index contributed by atoms with van der Waals surface area (Å²) in [5.74, 6) is -0.0999. The number of urea groups is 1. The summed E-state index contributed by atoms with van der Waals surface area (Å²) in [5.41, 5.74) is 6.56. The van der Waals surface area contributed by atoms with Gasteiger partial charge in [-0.15, -0.1) is 0 Å². The van der Waals surface area contributed by atoms with E-state index in [2.05, 4.69) is 0 Å². The predicted molar refractivity (Wildman–Crippen MR) is 81.4 cm³/mol. The van der Waals surface area contributed by atoms with E-state index in [-0.39, 0.29) is 6.03 Å². The second kappa shape index (κ2) is 6.61. The zero-order chi connectivity index (χ0) is 15.4. The zero-order valence-corrected chi connectivity index (χ0v) is 12.7. The first-order chi connectivity index (χ1) is 9.99. The molecule has 0 aliphatic carbocycles. The van der Waals surface area contributed by atoms with Crippen molar-refractivity contribution in [3.63, 3.8) is 0 Å². The fraction of sp³-hybridized carbons (Fsp3) is 0.500. The highest BCUT2D eigenvalue weighted by Gasteiger charge is 2.36. The number of rotatable bonds is 6. The number of hydrogen-bond donors (Lipinski definition) is 1. The number of carbonyl (C=O) groups excluding carboxylic acids is 2. The molecule has 0 spiro atoms. The molecule has 5 heteroatoms. The Balaban J connectivity index is 2.04. The summed E-state index contributed by atoms with van der Waals surface area (Å²) in [4.78, 5) is 27.5. The lowest BCUT2D eigenvalue weighted by molar-refractivity contribution is -0.122. The number of primary amides is 1. The molecule has 1 aliphatic heterocycles. The number of nitrogens with two attached hydrogens (primary N) is 1. The van der Waals surface area contributed by atoms with Gasteiger partial charge in [0.2, 0.25) is 5.91 Å². The Morgan fingerprint density at radius 3 is 2.48 bits per heavy atom. The van der Waals surface area contributed by atoms with Crippen molar-refractivity contribution in [1.29, 1.82) is 0 Å². The lowest BCUT2D eigenvalue weighted by Crippen LogP contribution is -2.47. The van der Waals surface area contributed by atoms with Gasteiger partial charge in [0.1, 0.15) is 6.04 Å². The van der Waals surface area contributed by atoms with E-state index in [4.69, 9.17) is 5.73 Å². The van der Waals surface area contributed by atoms with Gasteiger partial charge in [-0.05, 0) is 17.9 Å². The third-order valence-electron chi connectivity index (χ3n) is 3.74. The highest BCUT2D eigenvalue weighted by Crippen LogP contribution is 2.19. The minimum absolute atomic E-state index is 0.0942. The number of hydrogen-bond acceptors (Lipinski definition) is 2. The summed E-state index contributed by atoms with van der Waals surface area (Å²) in [6.45, 7) is 5.82. The van der Waals surface area contributed by atoms with Crippen molar-refractivity contribution in [2.24, 2.45) is 11.7 Å². The molecular formula is C16H23N3O2. The van der Waals surface area contributed by atoms with Gasteiger partial charge in [-0.25, -0.2) is 4.79 Å². The van der Waals surface area contributed by atoms with Crippen LogP contribution in [-0.2, 0) is 11.3 Å². The first-order valence-corrected chi connectivity index (χ1v) is 7.38. The van der Waals surface area contributed by atoms with Crippen LogP contribution in [0.25, 0.3) is 0 Å². The minimum Gasteiger partial charge on any atom is -0.368 e. The van der Waals surface area contributed by atoms with Crippen molar-refractivity contribution in [3.05, 3.63) is 35.9 Å². The van der Waals surface area contributed by atoms with Gasteiger partial charge in [-0.2, -0.15) is 0 Å². The van der Waals surface area contributed by atoms with Gasteiger partial charge in [0.25, 0.3) is 0 Å². The summed E-state index contributed by atoms with van der Waals surface area (Å²) in [7, 11) is 0. The molecule has 1 aromatic rings. The quantitative estimate of drug-likeness (QED) is 0.868. The van der Waals surface area contributed by atoms with Crippen LogP contribution in [0.1, 0.15) is 25.8 Å². The third kappa shape index (κ3) is 3.74. The fourth-order valence-corrected chi connectivity index (χ4v) is 2.68. The molecule has 2 rings (SSSR count). The highest BCUT2D eigenvalue weighted by molar-refractivity contribution is 5.87. The first-order valence-electron chi connectivity index (χ1n) is 7.38. The van der Waals surface area contributed by atoms with Crippen molar-refractivity contribution in [2.75, 3.05) is 13.1 Å². The van der Waals surface area contributed by atoms with Crippen molar-refractivity contribution in [3.8, 4) is 0 Å². The van der Waals surface area contributed by atoms with E-state index >= 15 is 0 Å². The molecule has 1 heterocycles. The van der Waals surface area contributed by atoms with E-state index in [1.165, 1.54) is 0 Å². The monoisotopic (exact) mass is 289 g/mol. The zero-order valence-electron chi connectivity index (χ0n) is 12.7. The van der Waals surface area contributed by atoms with E-state index in [0.29, 0.717) is 32.0 Å². The summed E-state index contributed by atoms with van der Waals surface area (Å²) in [6.07, 6.45) is 0.611. The maximum absolute atomic E-state index is 12.5. The van der Waals surface area contributed by atoms with Crippen molar-refractivity contribution >= 4 is 11.9 Å². The standard InChI is InChI=1S/C16H23N3O2/c1-12(2)10-14(15(17)20)19-9-8-18(16(19)21)11-13-6-4-3-5-7-13/h3-7,12,14H,8-11H2,1-2H3,(H2,17,20). The number of amides is 3. The Hall–Kier alpha value is -2.04. The van der Waals surface area contributed by atoms with Gasteiger partial charge in [0.05, 0.1) is 0 Å². The van der Waals surface area contributed by atoms with Crippen LogP contribution in [0, 0.1) is 5.92 Å². The molecule has 0 radical (unpaired) electrons. The summed E-state index contributed by atoms with van der Waals surface area (Å²) in [6, 6.07) is 9.26. The molecule has 1 aromatic carbocycles. The van der Waals surface area contributed by atoms with E-state index in [9.17, 15) is 9.59 Å². The smallest absolute Gasteiger partial charge is 0.321 e. The molecule has 114 valence electrons. The van der Waals surface area contributed by atoms with E-state index < -0.39 is 11.9 Å². The maximum Gasteiger partial charge on any atom is 0.321 e. The van der Waals surface area contributed by atoms with Gasteiger partial charge in [0, 0.05) is 19.6 Å². The molecule has 1 fully saturated rings. The van der Waals surface area contributed by atoms with Crippen LogP contribution in [0.2, 0.25) is 0 Å². The molecule has 3 amide bonds. The normalized spacial score (nSPS) is 16.6. The SMILES string of the molecule is CC(C)CC(C(N)=O)N1CCN(Cc2ccccc2)C1=O. The van der Waals surface area contributed by atoms with Gasteiger partial charge >= 0.3 is 6.03 Å². The van der Waals surface area contributed by atoms with Crippen molar-refractivity contribution in [1.82, 2.24) is 9.80 Å². The van der Waals surface area contributed by atoms with E-state index in [1.54, 1.807) is 9.80 Å². The molecule has 0 bridgehead atoms. The van der Waals surface area contributed by atoms with Crippen LogP contribution >= 0.6 is 0 Å². The van der Waals surface area contributed by atoms with Crippen LogP contribution < -0.4 is 5.73 Å². The summed E-state index contributed by atoms with van der Waals surface area (Å²) >= 11 is 0. The number of benzene rings is 1. The maximum atomic E-state index is 12.5. The second-order valence-corrected chi connectivity index (χ2v) is 5.93. The Morgan fingerprint density at radius 1 is 1.24 bits per heavy atom. The first kappa shape index (κ1) is 15.4. The van der Waals surface area contributed by atoms with Gasteiger partial charge in [-0.1, -0.05) is 44.2 Å². The molecule has 1 saturated heterocycles. The topological polar surface area (TPSA) is 66.6 Å². The molecule has 0 saturated carbocycles. The van der Waals surface area contributed by atoms with Crippen LogP contribution in [0.15, 0.2) is 30.3 Å². The average Bonchev–Trinajstić information content (AvgIpc) is 2.78. The highest BCUT2D eigenvalue weighted by atomic mass is 16.2. The molecule has 21 heavy (non-hydrogen) atoms. The van der Waals surface area contributed by atoms with Crippen molar-refractivity contribution < 1.29 is 9.59 Å². The molecule has 1 unspecified atom stereocenters. The molecule has 1 atom stereocenters. The van der Waals surface area contributed by atoms with Crippen LogP contribution in [0.5, 0.6) is 0 Å². The second-order valence-electron chi connectivity index (χ2n) is 5.93. The van der Waals surface area contributed by atoms with Crippen LogP contribution in [-0.4, -0.2) is 40.9 Å². The lowest BCUT2D eigenvalue weighted by Gasteiger charge is -2.26. The largest absolute Gasteiger partial charge is 0.368 e. The lowest BCUT2D eigenvalue weighted by atomic mass is 10.0. The Labute approximate surface area is 125 Å². The minimum atomic E-state index is -0.502. The Bertz CT molecular complexity index is 502. The van der Waals surface area contributed by atoms with Gasteiger partial charge in [-0.3, -0.25) is 4.79 Å². The molecule has 0 aromatic heterocycles. The number of carbonyl (C=O) groups is 2. The summed E-state index contributed by atoms with van der Waals surface area (Å²) < 4.78 is 0. The predicted octanol–water partition coefficient (Wildman–Crippen LogP) is 1.82. The third-order valence-corrected chi connectivity index (χ3v) is 3.74. The molecule has 1 aliphatic rings. The Kier molecular flexibility index (Phi) is 4.83. The van der Waals surface area contributed by atoms with E-state index in [1.807, 2.05) is 44.2 Å². The van der Waals surface area contributed by atoms with Gasteiger partial charge in [0.15, 0.2) is 0 Å².